The number of Topliss-reactive ketones (excluding diaryl/α,β-unsaturated/α-hetero) is 3. The van der Waals surface area contributed by atoms with Crippen molar-refractivity contribution in [2.75, 3.05) is 6.26 Å². The molecule has 0 N–H and O–H groups in total. The summed E-state index contributed by atoms with van der Waals surface area (Å²) < 4.78 is 95.0. The van der Waals surface area contributed by atoms with Gasteiger partial charge in [0.25, 0.3) is 0 Å². The minimum Gasteiger partial charge on any atom is -0.748 e. The zero-order valence-corrected chi connectivity index (χ0v) is 53.9. The summed E-state index contributed by atoms with van der Waals surface area (Å²) in [7, 11) is -5.44. The van der Waals surface area contributed by atoms with Crippen LogP contribution in [0.1, 0.15) is 51.8 Å². The van der Waals surface area contributed by atoms with E-state index in [0.717, 1.165) is 40.9 Å². The summed E-state index contributed by atoms with van der Waals surface area (Å²) in [6.45, 7) is 4.75. The van der Waals surface area contributed by atoms with Gasteiger partial charge in [-0.05, 0) is 198 Å². The summed E-state index contributed by atoms with van der Waals surface area (Å²) in [5.41, 5.74) is 1.53. The molecule has 0 saturated heterocycles. The molecule has 0 amide bonds. The molecular formula is C73H58BF5O7S6. The molecule has 0 saturated carbocycles. The van der Waals surface area contributed by atoms with Gasteiger partial charge < -0.3 is 9.29 Å². The molecule has 0 atom stereocenters. The van der Waals surface area contributed by atoms with Crippen molar-refractivity contribution in [3.8, 4) is 11.5 Å². The lowest BCUT2D eigenvalue weighted by molar-refractivity contribution is 0.100. The molecule has 7 nitrogen and oxygen atoms in total. The maximum atomic E-state index is 12.5. The number of ketones is 3. The SMILES string of the molecule is CC(=O)c1ccc(Sc2ccc([S+](c3ccc(Sc4ccc(C(C)=O)cc4)cc3)c3ccc(Sc4ccc(C(C)=O)cc4)cc3)cc2)cc1.CS(=O)(=O)[O-].[BH3-]c1c(F)c(F)c(F)c(F)c1F.c1ccc(Oc2ccc([S+](c3ccccc3)c3ccccc3)cc2)cc1. The molecule has 19 heteroatoms. The van der Waals surface area contributed by atoms with E-state index >= 15 is 0 Å². The van der Waals surface area contributed by atoms with Crippen LogP contribution < -0.4 is 10.2 Å². The Morgan fingerprint density at radius 2 is 0.554 bits per heavy atom. The quantitative estimate of drug-likeness (QED) is 0.0166. The molecule has 11 rings (SSSR count). The minimum absolute atomic E-state index is 0.0674. The normalized spacial score (nSPS) is 10.9. The number of carbonyl (C=O) groups is 3. The van der Waals surface area contributed by atoms with E-state index in [9.17, 15) is 36.3 Å². The van der Waals surface area contributed by atoms with E-state index in [1.54, 1.807) is 56.1 Å². The van der Waals surface area contributed by atoms with Crippen molar-refractivity contribution in [2.45, 2.75) is 79.5 Å². The fourth-order valence-corrected chi connectivity index (χ4v) is 14.9. The van der Waals surface area contributed by atoms with Crippen molar-refractivity contribution < 1.29 is 54.0 Å². The summed E-state index contributed by atoms with van der Waals surface area (Å²) >= 11 is 5.04. The van der Waals surface area contributed by atoms with E-state index in [1.165, 1.54) is 29.4 Å². The highest BCUT2D eigenvalue weighted by molar-refractivity contribution is 8.00. The Hall–Kier alpha value is -8.40. The van der Waals surface area contributed by atoms with Gasteiger partial charge in [-0.1, -0.05) is 126 Å². The summed E-state index contributed by atoms with van der Waals surface area (Å²) in [4.78, 5) is 49.3. The van der Waals surface area contributed by atoms with Gasteiger partial charge in [0.1, 0.15) is 23.1 Å². The van der Waals surface area contributed by atoms with Crippen molar-refractivity contribution in [1.29, 1.82) is 0 Å². The van der Waals surface area contributed by atoms with Gasteiger partial charge in [0.15, 0.2) is 64.2 Å². The van der Waals surface area contributed by atoms with Crippen molar-refractivity contribution in [1.82, 2.24) is 0 Å². The largest absolute Gasteiger partial charge is 0.748 e. The van der Waals surface area contributed by atoms with Crippen molar-refractivity contribution in [3.63, 3.8) is 0 Å². The zero-order chi connectivity index (χ0) is 65.9. The Morgan fingerprint density at radius 1 is 0.348 bits per heavy atom. The second kappa shape index (κ2) is 33.3. The topological polar surface area (TPSA) is 118 Å². The molecule has 466 valence electrons. The standard InChI is InChI=1S/C42H33O3S4.C24H19OS.C6H3BF5.CH4O3S/c1-28(43)31-4-10-34(11-5-31)46-37-16-22-40(23-17-37)49(41-24-18-38(19-25-41)47-35-12-6-32(7-13-35)29(2)44)42-26-20-39(21-27-42)48-36-14-8-33(9-15-36)30(3)45;1-4-10-20(11-5-1)25-21-16-18-24(19-17-21)26(22-12-6-2-7-13-22)23-14-8-3-9-15-23;7-1-2(8)4(10)6(12)5(11)3(1)9;1-5(2,3)4/h4-27H,1-3H3;1-19H;7H3;1H3,(H,2,3,4)/q2*+1;-1;/p-1. The molecule has 0 heterocycles. The van der Waals surface area contributed by atoms with E-state index in [0.29, 0.717) is 22.9 Å². The van der Waals surface area contributed by atoms with E-state index in [2.05, 4.69) is 146 Å². The van der Waals surface area contributed by atoms with Crippen LogP contribution in [0.5, 0.6) is 11.5 Å². The average Bonchev–Trinajstić information content (AvgIpc) is 1.07. The van der Waals surface area contributed by atoms with E-state index < -0.39 is 52.5 Å². The maximum absolute atomic E-state index is 12.5. The molecule has 0 aliphatic rings. The molecule has 0 radical (unpaired) electrons. The average molecular weight is 1350 g/mol. The highest BCUT2D eigenvalue weighted by atomic mass is 32.2. The van der Waals surface area contributed by atoms with Gasteiger partial charge in [-0.25, -0.2) is 30.4 Å². The molecule has 0 aliphatic carbocycles. The van der Waals surface area contributed by atoms with Crippen LogP contribution >= 0.6 is 35.3 Å². The highest BCUT2D eigenvalue weighted by Crippen LogP contribution is 2.39. The van der Waals surface area contributed by atoms with E-state index in [4.69, 9.17) is 17.7 Å². The first-order valence-corrected chi connectivity index (χ1v) is 34.3. The number of rotatable bonds is 17. The first-order valence-electron chi connectivity index (χ1n) is 27.6. The molecule has 0 aromatic heterocycles. The maximum Gasteiger partial charge on any atom is 0.200 e. The number of halogens is 5. The monoisotopic (exact) mass is 1340 g/mol. The smallest absolute Gasteiger partial charge is 0.200 e. The van der Waals surface area contributed by atoms with Gasteiger partial charge in [0, 0.05) is 52.3 Å². The summed E-state index contributed by atoms with van der Waals surface area (Å²) in [5, 5.41) is 0. The van der Waals surface area contributed by atoms with Gasteiger partial charge >= 0.3 is 0 Å². The fourth-order valence-electron chi connectivity index (χ4n) is 8.31. The fraction of sp³-hybridized carbons (Fsp3) is 0.0548. The second-order valence-corrected chi connectivity index (χ2v) is 28.4. The zero-order valence-electron chi connectivity index (χ0n) is 49.0. The Balaban J connectivity index is 0.000000208. The number of hydrogen-bond donors (Lipinski definition) is 0. The van der Waals surface area contributed by atoms with Crippen LogP contribution in [0.3, 0.4) is 0 Å². The third-order valence-corrected chi connectivity index (χ3v) is 20.2. The van der Waals surface area contributed by atoms with Crippen LogP contribution in [-0.2, 0) is 31.9 Å². The van der Waals surface area contributed by atoms with Crippen LogP contribution in [0.25, 0.3) is 0 Å². The van der Waals surface area contributed by atoms with Crippen LogP contribution in [0.15, 0.2) is 320 Å². The Kier molecular flexibility index (Phi) is 25.1. The molecule has 11 aromatic rings. The molecule has 0 spiro atoms. The minimum atomic E-state index is -3.92. The third-order valence-electron chi connectivity index (χ3n) is 12.7. The predicted molar refractivity (Wildman–Crippen MR) is 363 cm³/mol. The molecule has 0 bridgehead atoms. The number of benzene rings is 11. The van der Waals surface area contributed by atoms with Crippen molar-refractivity contribution >= 4 is 97.9 Å². The summed E-state index contributed by atoms with van der Waals surface area (Å²) in [6.07, 6.45) is 0.604. The Morgan fingerprint density at radius 3 is 0.815 bits per heavy atom. The number of carbonyl (C=O) groups excluding carboxylic acids is 3. The van der Waals surface area contributed by atoms with Gasteiger partial charge in [-0.3, -0.25) is 14.4 Å². The predicted octanol–water partition coefficient (Wildman–Crippen LogP) is 18.0. The number of ether oxygens (including phenoxy) is 1. The summed E-state index contributed by atoms with van der Waals surface area (Å²) in [5.74, 6) is -7.23. The van der Waals surface area contributed by atoms with Crippen LogP contribution in [0, 0.1) is 29.1 Å². The number of para-hydroxylation sites is 1. The van der Waals surface area contributed by atoms with Crippen molar-refractivity contribution in [3.05, 3.63) is 307 Å². The first-order chi connectivity index (χ1) is 44.1. The highest BCUT2D eigenvalue weighted by Gasteiger charge is 2.30. The summed E-state index contributed by atoms with van der Waals surface area (Å²) in [6, 6.07) is 89.2. The second-order valence-electron chi connectivity index (χ2n) is 19.5. The molecule has 0 aliphatic heterocycles. The van der Waals surface area contributed by atoms with E-state index in [1.807, 2.05) is 115 Å². The van der Waals surface area contributed by atoms with Crippen LogP contribution in [-0.4, -0.2) is 44.4 Å². The number of hydrogen-bond acceptors (Lipinski definition) is 10. The Labute approximate surface area is 551 Å². The van der Waals surface area contributed by atoms with Crippen molar-refractivity contribution in [2.24, 2.45) is 0 Å². The van der Waals surface area contributed by atoms with Crippen LogP contribution in [0.4, 0.5) is 22.0 Å². The van der Waals surface area contributed by atoms with Crippen LogP contribution in [0.2, 0.25) is 0 Å². The van der Waals surface area contributed by atoms with Gasteiger partial charge in [-0.15, -0.1) is 5.46 Å². The van der Waals surface area contributed by atoms with E-state index in [-0.39, 0.29) is 39.1 Å². The third kappa shape index (κ3) is 20.3. The molecule has 11 aromatic carbocycles. The molecule has 0 unspecified atom stereocenters. The lowest BCUT2D eigenvalue weighted by Crippen LogP contribution is -2.20. The van der Waals surface area contributed by atoms with Gasteiger partial charge in [-0.2, -0.15) is 0 Å². The molecule has 92 heavy (non-hydrogen) atoms. The Bertz CT molecular complexity index is 3980. The molecular weight excluding hydrogens is 1290 g/mol. The lowest BCUT2D eigenvalue weighted by Gasteiger charge is -2.11. The van der Waals surface area contributed by atoms with Gasteiger partial charge in [0.2, 0.25) is 0 Å². The van der Waals surface area contributed by atoms with Gasteiger partial charge in [0.05, 0.1) is 31.9 Å². The first kappa shape index (κ1) is 69.5. The molecule has 0 fully saturated rings. The lowest BCUT2D eigenvalue weighted by atomic mass is 9.94.